The average Bonchev–Trinajstić information content (AvgIpc) is 2.44. The lowest BCUT2D eigenvalue weighted by Gasteiger charge is -2.25. The molecule has 0 amide bonds. The van der Waals surface area contributed by atoms with Gasteiger partial charge in [0.25, 0.3) is 0 Å². The van der Waals surface area contributed by atoms with Gasteiger partial charge in [-0.15, -0.1) is 0 Å². The van der Waals surface area contributed by atoms with E-state index in [9.17, 15) is 4.79 Å². The second-order valence-corrected chi connectivity index (χ2v) is 6.05. The summed E-state index contributed by atoms with van der Waals surface area (Å²) in [6, 6.07) is 0. The van der Waals surface area contributed by atoms with Crippen molar-refractivity contribution in [1.29, 1.82) is 0 Å². The Hall–Kier alpha value is -0.530. The van der Waals surface area contributed by atoms with Crippen LogP contribution in [0.25, 0.3) is 0 Å². The van der Waals surface area contributed by atoms with Crippen LogP contribution in [0.1, 0.15) is 86.0 Å². The van der Waals surface area contributed by atoms with Crippen molar-refractivity contribution in [2.24, 2.45) is 17.8 Å². The van der Waals surface area contributed by atoms with Gasteiger partial charge in [-0.05, 0) is 38.0 Å². The molecule has 0 aromatic heterocycles. The highest BCUT2D eigenvalue weighted by molar-refractivity contribution is 5.72. The average molecular weight is 284 g/mol. The third kappa shape index (κ3) is 7.91. The Morgan fingerprint density at radius 3 is 1.90 bits per heavy atom. The maximum Gasteiger partial charge on any atom is 0.308 e. The molecule has 3 unspecified atom stereocenters. The van der Waals surface area contributed by atoms with Gasteiger partial charge in [0, 0.05) is 0 Å². The molecule has 0 rings (SSSR count). The Labute approximate surface area is 126 Å². The van der Waals surface area contributed by atoms with E-state index in [0.29, 0.717) is 12.5 Å². The number of rotatable bonds is 12. The number of hydrogen-bond donors (Lipinski definition) is 0. The molecule has 2 nitrogen and oxygen atoms in total. The lowest BCUT2D eigenvalue weighted by atomic mass is 9.81. The molecule has 0 aromatic rings. The predicted octanol–water partition coefficient (Wildman–Crippen LogP) is 5.60. The first-order chi connectivity index (χ1) is 9.62. The maximum absolute atomic E-state index is 12.0. The van der Waals surface area contributed by atoms with Gasteiger partial charge in [-0.25, -0.2) is 0 Å². The van der Waals surface area contributed by atoms with Crippen LogP contribution in [-0.2, 0) is 9.53 Å². The van der Waals surface area contributed by atoms with Gasteiger partial charge in [-0.1, -0.05) is 59.8 Å². The summed E-state index contributed by atoms with van der Waals surface area (Å²) in [6.07, 6.45) is 9.54. The lowest BCUT2D eigenvalue weighted by molar-refractivity contribution is -0.148. The summed E-state index contributed by atoms with van der Waals surface area (Å²) < 4.78 is 5.21. The van der Waals surface area contributed by atoms with Crippen molar-refractivity contribution >= 4 is 5.97 Å². The molecule has 20 heavy (non-hydrogen) atoms. The van der Waals surface area contributed by atoms with Crippen LogP contribution >= 0.6 is 0 Å². The molecular weight excluding hydrogens is 248 g/mol. The molecule has 0 spiro atoms. The van der Waals surface area contributed by atoms with Gasteiger partial charge in [0.2, 0.25) is 0 Å². The van der Waals surface area contributed by atoms with Crippen LogP contribution in [0.15, 0.2) is 0 Å². The summed E-state index contributed by atoms with van der Waals surface area (Å²) in [5.74, 6) is 1.63. The first kappa shape index (κ1) is 19.5. The highest BCUT2D eigenvalue weighted by Crippen LogP contribution is 2.30. The summed E-state index contributed by atoms with van der Waals surface area (Å²) in [7, 11) is 0. The second kappa shape index (κ2) is 12.2. The zero-order chi connectivity index (χ0) is 15.4. The molecule has 0 fully saturated rings. The molecule has 0 N–H and O–H groups in total. The van der Waals surface area contributed by atoms with Crippen LogP contribution in [0.2, 0.25) is 0 Å². The Balaban J connectivity index is 4.51. The lowest BCUT2D eigenvalue weighted by Crippen LogP contribution is -2.21. The fraction of sp³-hybridized carbons (Fsp3) is 0.944. The van der Waals surface area contributed by atoms with E-state index in [2.05, 4.69) is 27.7 Å². The highest BCUT2D eigenvalue weighted by atomic mass is 16.5. The molecule has 0 bridgehead atoms. The van der Waals surface area contributed by atoms with Crippen molar-refractivity contribution in [2.45, 2.75) is 86.0 Å². The van der Waals surface area contributed by atoms with Gasteiger partial charge in [0.05, 0.1) is 12.5 Å². The number of ether oxygens (including phenoxy) is 1. The molecule has 0 aliphatic heterocycles. The summed E-state index contributed by atoms with van der Waals surface area (Å²) >= 11 is 0. The smallest absolute Gasteiger partial charge is 0.308 e. The van der Waals surface area contributed by atoms with Crippen molar-refractivity contribution in [3.63, 3.8) is 0 Å². The molecule has 0 radical (unpaired) electrons. The molecule has 0 aromatic carbocycles. The Morgan fingerprint density at radius 2 is 1.45 bits per heavy atom. The van der Waals surface area contributed by atoms with E-state index < -0.39 is 0 Å². The van der Waals surface area contributed by atoms with Crippen molar-refractivity contribution in [2.75, 3.05) is 6.61 Å². The van der Waals surface area contributed by atoms with Gasteiger partial charge in [-0.3, -0.25) is 4.79 Å². The van der Waals surface area contributed by atoms with Gasteiger partial charge < -0.3 is 4.74 Å². The van der Waals surface area contributed by atoms with Crippen LogP contribution in [0, 0.1) is 17.8 Å². The number of carbonyl (C=O) groups is 1. The van der Waals surface area contributed by atoms with Crippen molar-refractivity contribution in [3.05, 3.63) is 0 Å². The van der Waals surface area contributed by atoms with Gasteiger partial charge in [0.15, 0.2) is 0 Å². The van der Waals surface area contributed by atoms with Crippen LogP contribution < -0.4 is 0 Å². The van der Waals surface area contributed by atoms with E-state index in [1.165, 1.54) is 38.5 Å². The van der Waals surface area contributed by atoms with E-state index in [1.54, 1.807) is 0 Å². The third-order valence-corrected chi connectivity index (χ3v) is 4.37. The highest BCUT2D eigenvalue weighted by Gasteiger charge is 2.23. The zero-order valence-corrected chi connectivity index (χ0v) is 14.4. The molecule has 0 aliphatic carbocycles. The van der Waals surface area contributed by atoms with Crippen LogP contribution in [0.4, 0.5) is 0 Å². The second-order valence-electron chi connectivity index (χ2n) is 6.05. The molecule has 120 valence electrons. The number of carbonyl (C=O) groups excluding carboxylic acids is 1. The molecule has 3 atom stereocenters. The molecule has 2 heteroatoms. The summed E-state index contributed by atoms with van der Waals surface area (Å²) in [5.41, 5.74) is 0. The minimum absolute atomic E-state index is 0.0136. The number of hydrogen-bond acceptors (Lipinski definition) is 2. The predicted molar refractivity (Wildman–Crippen MR) is 86.7 cm³/mol. The van der Waals surface area contributed by atoms with E-state index in [-0.39, 0.29) is 11.9 Å². The maximum atomic E-state index is 12.0. The fourth-order valence-electron chi connectivity index (χ4n) is 3.20. The summed E-state index contributed by atoms with van der Waals surface area (Å²) in [4.78, 5) is 12.0. The minimum Gasteiger partial charge on any atom is -0.466 e. The summed E-state index contributed by atoms with van der Waals surface area (Å²) in [5, 5.41) is 0. The monoisotopic (exact) mass is 284 g/mol. The molecule has 0 saturated carbocycles. The first-order valence-corrected chi connectivity index (χ1v) is 8.79. The minimum atomic E-state index is 0.0136. The zero-order valence-electron chi connectivity index (χ0n) is 14.4. The standard InChI is InChI=1S/C18H36O2/c1-6-11-15(8-3)13-16(12-7-2)14-17(9-4)18(19)20-10-5/h15-17H,6-14H2,1-5H3. The van der Waals surface area contributed by atoms with Gasteiger partial charge in [-0.2, -0.15) is 0 Å². The molecule has 0 aliphatic rings. The van der Waals surface area contributed by atoms with E-state index in [4.69, 9.17) is 4.74 Å². The SMILES string of the molecule is CCCC(CC)CC(CCC)CC(CC)C(=O)OCC. The Morgan fingerprint density at radius 1 is 0.850 bits per heavy atom. The fourth-order valence-corrected chi connectivity index (χ4v) is 3.20. The van der Waals surface area contributed by atoms with E-state index in [0.717, 1.165) is 18.8 Å². The van der Waals surface area contributed by atoms with Gasteiger partial charge in [0.1, 0.15) is 0 Å². The number of esters is 1. The Bertz CT molecular complexity index is 238. The van der Waals surface area contributed by atoms with Crippen LogP contribution in [0.5, 0.6) is 0 Å². The largest absolute Gasteiger partial charge is 0.466 e. The van der Waals surface area contributed by atoms with Crippen molar-refractivity contribution < 1.29 is 9.53 Å². The van der Waals surface area contributed by atoms with E-state index >= 15 is 0 Å². The Kier molecular flexibility index (Phi) is 11.9. The topological polar surface area (TPSA) is 26.3 Å². The van der Waals surface area contributed by atoms with Crippen LogP contribution in [0.3, 0.4) is 0 Å². The molecular formula is C18H36O2. The van der Waals surface area contributed by atoms with Crippen molar-refractivity contribution in [1.82, 2.24) is 0 Å². The first-order valence-electron chi connectivity index (χ1n) is 8.79. The van der Waals surface area contributed by atoms with E-state index in [1.807, 2.05) is 6.92 Å². The third-order valence-electron chi connectivity index (χ3n) is 4.37. The molecule has 0 heterocycles. The quantitative estimate of drug-likeness (QED) is 0.436. The van der Waals surface area contributed by atoms with Gasteiger partial charge >= 0.3 is 5.97 Å². The normalized spacial score (nSPS) is 15.7. The summed E-state index contributed by atoms with van der Waals surface area (Å²) in [6.45, 7) is 11.3. The van der Waals surface area contributed by atoms with Crippen LogP contribution in [-0.4, -0.2) is 12.6 Å². The molecule has 0 saturated heterocycles. The van der Waals surface area contributed by atoms with Crippen molar-refractivity contribution in [3.8, 4) is 0 Å².